The average Bonchev–Trinajstić information content (AvgIpc) is 2.90. The van der Waals surface area contributed by atoms with E-state index in [1.165, 1.54) is 17.0 Å². The van der Waals surface area contributed by atoms with Gasteiger partial charge in [-0.1, -0.05) is 30.3 Å². The van der Waals surface area contributed by atoms with E-state index >= 15 is 0 Å². The van der Waals surface area contributed by atoms with Crippen molar-refractivity contribution in [2.75, 3.05) is 0 Å². The summed E-state index contributed by atoms with van der Waals surface area (Å²) >= 11 is 1.71. The number of thiophene rings is 1. The van der Waals surface area contributed by atoms with Gasteiger partial charge in [0.25, 0.3) is 6.43 Å². The summed E-state index contributed by atoms with van der Waals surface area (Å²) < 4.78 is 24.8. The van der Waals surface area contributed by atoms with Gasteiger partial charge in [-0.3, -0.25) is 0 Å². The Morgan fingerprint density at radius 2 is 1.89 bits per heavy atom. The number of benzene rings is 1. The number of hydrogen-bond acceptors (Lipinski definition) is 2. The van der Waals surface area contributed by atoms with Crippen LogP contribution in [0.1, 0.15) is 35.4 Å². The molecule has 2 aromatic rings. The summed E-state index contributed by atoms with van der Waals surface area (Å²) in [5.41, 5.74) is 1.09. The summed E-state index contributed by atoms with van der Waals surface area (Å²) in [4.78, 5) is 1.28. The molecule has 0 aliphatic heterocycles. The first-order chi connectivity index (χ1) is 8.66. The molecule has 1 nitrogen and oxygen atoms in total. The van der Waals surface area contributed by atoms with Crippen LogP contribution in [0.5, 0.6) is 0 Å². The van der Waals surface area contributed by atoms with E-state index in [2.05, 4.69) is 18.3 Å². The van der Waals surface area contributed by atoms with Crippen molar-refractivity contribution in [1.29, 1.82) is 0 Å². The summed E-state index contributed by atoms with van der Waals surface area (Å²) in [5, 5.41) is 5.42. The molecular weight excluding hydrogens is 252 g/mol. The smallest absolute Gasteiger partial charge is 0.263 e. The lowest BCUT2D eigenvalue weighted by atomic mass is 10.1. The molecule has 0 aliphatic rings. The minimum Gasteiger partial charge on any atom is -0.305 e. The van der Waals surface area contributed by atoms with Gasteiger partial charge in [0.15, 0.2) is 0 Å². The minimum atomic E-state index is -2.39. The van der Waals surface area contributed by atoms with E-state index in [0.29, 0.717) is 6.54 Å². The monoisotopic (exact) mass is 267 g/mol. The van der Waals surface area contributed by atoms with Crippen LogP contribution in [0.15, 0.2) is 41.8 Å². The summed E-state index contributed by atoms with van der Waals surface area (Å²) in [6.07, 6.45) is -2.39. The minimum absolute atomic E-state index is 0.0741. The SMILES string of the molecule is C[C@@H](NCc1ccc(C(F)F)cc1)c1cccs1. The van der Waals surface area contributed by atoms with E-state index in [-0.39, 0.29) is 11.6 Å². The second-order valence-corrected chi connectivity index (χ2v) is 5.14. The molecule has 4 heteroatoms. The fourth-order valence-corrected chi connectivity index (χ4v) is 2.45. The topological polar surface area (TPSA) is 12.0 Å². The molecule has 1 N–H and O–H groups in total. The Kier molecular flexibility index (Phi) is 4.44. The van der Waals surface area contributed by atoms with Crippen LogP contribution in [0.25, 0.3) is 0 Å². The maximum atomic E-state index is 12.4. The zero-order chi connectivity index (χ0) is 13.0. The van der Waals surface area contributed by atoms with Crippen molar-refractivity contribution in [3.8, 4) is 0 Å². The molecule has 0 amide bonds. The summed E-state index contributed by atoms with van der Waals surface area (Å²) in [7, 11) is 0. The standard InChI is InChI=1S/C14H15F2NS/c1-10(13-3-2-8-18-13)17-9-11-4-6-12(7-5-11)14(15)16/h2-8,10,14,17H,9H2,1H3/t10-/m1/s1. The van der Waals surface area contributed by atoms with Crippen molar-refractivity contribution >= 4 is 11.3 Å². The lowest BCUT2D eigenvalue weighted by molar-refractivity contribution is 0.151. The fraction of sp³-hybridized carbons (Fsp3) is 0.286. The molecule has 1 aromatic heterocycles. The van der Waals surface area contributed by atoms with Crippen LogP contribution in [-0.4, -0.2) is 0 Å². The van der Waals surface area contributed by atoms with Crippen molar-refractivity contribution < 1.29 is 8.78 Å². The highest BCUT2D eigenvalue weighted by molar-refractivity contribution is 7.10. The first kappa shape index (κ1) is 13.2. The van der Waals surface area contributed by atoms with Crippen molar-refractivity contribution in [3.05, 3.63) is 57.8 Å². The number of hydrogen-bond donors (Lipinski definition) is 1. The molecule has 0 radical (unpaired) electrons. The molecule has 0 saturated heterocycles. The number of rotatable bonds is 5. The van der Waals surface area contributed by atoms with Crippen molar-refractivity contribution in [2.45, 2.75) is 25.9 Å². The Morgan fingerprint density at radius 3 is 2.44 bits per heavy atom. The van der Waals surface area contributed by atoms with E-state index in [1.807, 2.05) is 11.4 Å². The molecule has 0 aliphatic carbocycles. The Bertz CT molecular complexity index is 465. The normalized spacial score (nSPS) is 12.9. The molecule has 1 heterocycles. The molecule has 18 heavy (non-hydrogen) atoms. The van der Waals surface area contributed by atoms with E-state index in [9.17, 15) is 8.78 Å². The number of alkyl halides is 2. The molecule has 2 rings (SSSR count). The number of halogens is 2. The van der Waals surface area contributed by atoms with Crippen molar-refractivity contribution in [1.82, 2.24) is 5.32 Å². The maximum Gasteiger partial charge on any atom is 0.263 e. The van der Waals surface area contributed by atoms with Gasteiger partial charge in [-0.05, 0) is 23.9 Å². The third kappa shape index (κ3) is 3.37. The van der Waals surface area contributed by atoms with Crippen LogP contribution in [0, 0.1) is 0 Å². The highest BCUT2D eigenvalue weighted by atomic mass is 32.1. The van der Waals surface area contributed by atoms with Gasteiger partial charge in [0.05, 0.1) is 0 Å². The molecule has 0 unspecified atom stereocenters. The predicted molar refractivity (Wildman–Crippen MR) is 71.0 cm³/mol. The molecule has 0 bridgehead atoms. The van der Waals surface area contributed by atoms with Crippen LogP contribution >= 0.6 is 11.3 Å². The van der Waals surface area contributed by atoms with Gasteiger partial charge in [-0.15, -0.1) is 11.3 Å². The zero-order valence-corrected chi connectivity index (χ0v) is 10.9. The van der Waals surface area contributed by atoms with E-state index in [1.54, 1.807) is 23.5 Å². The fourth-order valence-electron chi connectivity index (χ4n) is 1.69. The Hall–Kier alpha value is -1.26. The first-order valence-corrected chi connectivity index (χ1v) is 6.68. The molecule has 96 valence electrons. The van der Waals surface area contributed by atoms with Crippen LogP contribution in [0.2, 0.25) is 0 Å². The van der Waals surface area contributed by atoms with Gasteiger partial charge in [0, 0.05) is 23.0 Å². The van der Waals surface area contributed by atoms with Crippen LogP contribution in [0.4, 0.5) is 8.78 Å². The van der Waals surface area contributed by atoms with Crippen molar-refractivity contribution in [2.24, 2.45) is 0 Å². The molecule has 1 atom stereocenters. The van der Waals surface area contributed by atoms with Gasteiger partial charge in [-0.2, -0.15) is 0 Å². The van der Waals surface area contributed by atoms with E-state index in [0.717, 1.165) is 5.56 Å². The van der Waals surface area contributed by atoms with Gasteiger partial charge in [0.2, 0.25) is 0 Å². The summed E-state index contributed by atoms with van der Waals surface area (Å²) in [6.45, 7) is 2.78. The van der Waals surface area contributed by atoms with Gasteiger partial charge >= 0.3 is 0 Å². The van der Waals surface area contributed by atoms with Crippen LogP contribution in [0.3, 0.4) is 0 Å². The van der Waals surface area contributed by atoms with Crippen LogP contribution < -0.4 is 5.32 Å². The lowest BCUT2D eigenvalue weighted by Crippen LogP contribution is -2.17. The van der Waals surface area contributed by atoms with Crippen LogP contribution in [-0.2, 0) is 6.54 Å². The summed E-state index contributed by atoms with van der Waals surface area (Å²) in [6, 6.07) is 10.8. The van der Waals surface area contributed by atoms with Crippen molar-refractivity contribution in [3.63, 3.8) is 0 Å². The highest BCUT2D eigenvalue weighted by Gasteiger charge is 2.07. The molecular formula is C14H15F2NS. The second kappa shape index (κ2) is 6.07. The third-order valence-corrected chi connectivity index (χ3v) is 3.87. The Balaban J connectivity index is 1.90. The molecule has 1 aromatic carbocycles. The predicted octanol–water partition coefficient (Wildman–Crippen LogP) is 4.54. The van der Waals surface area contributed by atoms with Gasteiger partial charge < -0.3 is 5.32 Å². The third-order valence-electron chi connectivity index (χ3n) is 2.81. The van der Waals surface area contributed by atoms with E-state index < -0.39 is 6.43 Å². The van der Waals surface area contributed by atoms with Gasteiger partial charge in [-0.25, -0.2) is 8.78 Å². The Morgan fingerprint density at radius 1 is 1.17 bits per heavy atom. The van der Waals surface area contributed by atoms with E-state index in [4.69, 9.17) is 0 Å². The maximum absolute atomic E-state index is 12.4. The number of nitrogens with one attached hydrogen (secondary N) is 1. The molecule has 0 saturated carbocycles. The lowest BCUT2D eigenvalue weighted by Gasteiger charge is -2.12. The highest BCUT2D eigenvalue weighted by Crippen LogP contribution is 2.20. The first-order valence-electron chi connectivity index (χ1n) is 5.80. The average molecular weight is 267 g/mol. The van der Waals surface area contributed by atoms with Gasteiger partial charge in [0.1, 0.15) is 0 Å². The molecule has 0 spiro atoms. The second-order valence-electron chi connectivity index (χ2n) is 4.16. The zero-order valence-electron chi connectivity index (χ0n) is 10.1. The molecule has 0 fully saturated rings. The summed E-state index contributed by atoms with van der Waals surface area (Å²) in [5.74, 6) is 0. The quantitative estimate of drug-likeness (QED) is 0.838. The largest absolute Gasteiger partial charge is 0.305 e. The Labute approximate surface area is 109 Å².